The molecule has 0 aromatic heterocycles. The number of aliphatic hydroxyl groups is 1. The van der Waals surface area contributed by atoms with Crippen molar-refractivity contribution in [3.8, 4) is 17.6 Å². The molecule has 0 unspecified atom stereocenters. The summed E-state index contributed by atoms with van der Waals surface area (Å²) < 4.78 is 53.0. The van der Waals surface area contributed by atoms with Crippen LogP contribution in [0.3, 0.4) is 0 Å². The van der Waals surface area contributed by atoms with Crippen molar-refractivity contribution in [2.75, 3.05) is 13.2 Å². The molecule has 0 saturated carbocycles. The first-order valence-electron chi connectivity index (χ1n) is 4.51. The second-order valence-electron chi connectivity index (χ2n) is 3.01. The monoisotopic (exact) mass is 248 g/mol. The Balaban J connectivity index is 2.83. The molecule has 1 N–H and O–H groups in total. The number of rotatable bonds is 2. The molecule has 0 atom stereocenters. The molecule has 0 radical (unpaired) electrons. The van der Waals surface area contributed by atoms with Crippen LogP contribution in [-0.2, 0) is 0 Å². The summed E-state index contributed by atoms with van der Waals surface area (Å²) in [5, 5.41) is 8.43. The van der Waals surface area contributed by atoms with Gasteiger partial charge in [-0.3, -0.25) is 0 Å². The Labute approximate surface area is 94.8 Å². The van der Waals surface area contributed by atoms with Crippen LogP contribution in [0.25, 0.3) is 0 Å². The van der Waals surface area contributed by atoms with E-state index >= 15 is 0 Å². The van der Waals surface area contributed by atoms with Gasteiger partial charge in [0, 0.05) is 5.56 Å². The molecule has 0 heterocycles. The Bertz CT molecular complexity index is 443. The summed E-state index contributed by atoms with van der Waals surface area (Å²) in [7, 11) is 0. The highest BCUT2D eigenvalue weighted by atomic mass is 19.4. The highest BCUT2D eigenvalue weighted by molar-refractivity contribution is 5.40. The summed E-state index contributed by atoms with van der Waals surface area (Å²) in [4.78, 5) is 0. The normalized spacial score (nSPS) is 10.6. The maximum Gasteiger partial charge on any atom is 0.422 e. The SMILES string of the molecule is OCC#Cc1ccc(F)c(OCC(F)(F)F)c1. The van der Waals surface area contributed by atoms with Gasteiger partial charge in [-0.1, -0.05) is 11.8 Å². The molecule has 0 saturated heterocycles. The highest BCUT2D eigenvalue weighted by Crippen LogP contribution is 2.22. The summed E-state index contributed by atoms with van der Waals surface area (Å²) in [6, 6.07) is 3.27. The van der Waals surface area contributed by atoms with E-state index in [2.05, 4.69) is 16.6 Å². The molecule has 17 heavy (non-hydrogen) atoms. The van der Waals surface area contributed by atoms with E-state index in [4.69, 9.17) is 5.11 Å². The maximum atomic E-state index is 13.1. The molecule has 0 bridgehead atoms. The topological polar surface area (TPSA) is 29.5 Å². The molecule has 0 spiro atoms. The van der Waals surface area contributed by atoms with Crippen molar-refractivity contribution in [1.29, 1.82) is 0 Å². The van der Waals surface area contributed by atoms with Crippen LogP contribution in [0.15, 0.2) is 18.2 Å². The molecule has 0 aliphatic carbocycles. The van der Waals surface area contributed by atoms with Gasteiger partial charge in [0.15, 0.2) is 18.2 Å². The van der Waals surface area contributed by atoms with Crippen molar-refractivity contribution in [2.45, 2.75) is 6.18 Å². The molecule has 2 nitrogen and oxygen atoms in total. The minimum atomic E-state index is -4.53. The van der Waals surface area contributed by atoms with E-state index in [1.807, 2.05) is 0 Å². The summed E-state index contributed by atoms with van der Waals surface area (Å²) in [5.74, 6) is 3.30. The van der Waals surface area contributed by atoms with Crippen LogP contribution in [0.1, 0.15) is 5.56 Å². The summed E-state index contributed by atoms with van der Waals surface area (Å²) >= 11 is 0. The lowest BCUT2D eigenvalue weighted by Crippen LogP contribution is -2.19. The van der Waals surface area contributed by atoms with Crippen molar-refractivity contribution < 1.29 is 27.4 Å². The van der Waals surface area contributed by atoms with Gasteiger partial charge in [0.1, 0.15) is 6.61 Å². The van der Waals surface area contributed by atoms with E-state index < -0.39 is 31.0 Å². The van der Waals surface area contributed by atoms with Gasteiger partial charge in [-0.2, -0.15) is 13.2 Å². The van der Waals surface area contributed by atoms with Crippen molar-refractivity contribution in [2.24, 2.45) is 0 Å². The van der Waals surface area contributed by atoms with Gasteiger partial charge >= 0.3 is 6.18 Å². The van der Waals surface area contributed by atoms with Crippen molar-refractivity contribution in [1.82, 2.24) is 0 Å². The molecule has 1 aromatic carbocycles. The molecular formula is C11H8F4O2. The number of alkyl halides is 3. The standard InChI is InChI=1S/C11H8F4O2/c12-9-4-3-8(2-1-5-16)6-10(9)17-7-11(13,14)15/h3-4,6,16H,5,7H2. The number of ether oxygens (including phenoxy) is 1. The van der Waals surface area contributed by atoms with Gasteiger partial charge in [0.2, 0.25) is 0 Å². The quantitative estimate of drug-likeness (QED) is 0.641. The Morgan fingerprint density at radius 3 is 2.59 bits per heavy atom. The van der Waals surface area contributed by atoms with E-state index in [0.29, 0.717) is 0 Å². The first-order valence-corrected chi connectivity index (χ1v) is 4.51. The van der Waals surface area contributed by atoms with Gasteiger partial charge in [-0.25, -0.2) is 4.39 Å². The summed E-state index contributed by atoms with van der Waals surface area (Å²) in [5.41, 5.74) is 0.262. The molecule has 1 rings (SSSR count). The lowest BCUT2D eigenvalue weighted by atomic mass is 10.2. The van der Waals surface area contributed by atoms with Crippen LogP contribution in [0.5, 0.6) is 5.75 Å². The average molecular weight is 248 g/mol. The van der Waals surface area contributed by atoms with Crippen LogP contribution in [0, 0.1) is 17.7 Å². The van der Waals surface area contributed by atoms with Crippen molar-refractivity contribution in [3.05, 3.63) is 29.6 Å². The van der Waals surface area contributed by atoms with E-state index in [1.54, 1.807) is 0 Å². The third-order valence-electron chi connectivity index (χ3n) is 1.63. The first kappa shape index (κ1) is 13.3. The fourth-order valence-electron chi connectivity index (χ4n) is 0.993. The molecule has 6 heteroatoms. The lowest BCUT2D eigenvalue weighted by Gasteiger charge is -2.09. The predicted molar refractivity (Wildman–Crippen MR) is 51.9 cm³/mol. The smallest absolute Gasteiger partial charge is 0.422 e. The lowest BCUT2D eigenvalue weighted by molar-refractivity contribution is -0.153. The van der Waals surface area contributed by atoms with Crippen LogP contribution < -0.4 is 4.74 Å². The molecule has 0 amide bonds. The average Bonchev–Trinajstić information content (AvgIpc) is 2.25. The van der Waals surface area contributed by atoms with Gasteiger partial charge in [-0.15, -0.1) is 0 Å². The van der Waals surface area contributed by atoms with Gasteiger partial charge in [-0.05, 0) is 18.2 Å². The number of halogens is 4. The fourth-order valence-corrected chi connectivity index (χ4v) is 0.993. The molecule has 0 fully saturated rings. The van der Waals surface area contributed by atoms with E-state index in [0.717, 1.165) is 12.1 Å². The van der Waals surface area contributed by atoms with E-state index in [-0.39, 0.29) is 5.56 Å². The molecule has 1 aromatic rings. The number of benzene rings is 1. The van der Waals surface area contributed by atoms with Crippen LogP contribution in [0.2, 0.25) is 0 Å². The number of hydrogen-bond donors (Lipinski definition) is 1. The zero-order valence-electron chi connectivity index (χ0n) is 8.51. The predicted octanol–water partition coefficient (Wildman–Crippen LogP) is 2.11. The minimum Gasteiger partial charge on any atom is -0.481 e. The Morgan fingerprint density at radius 1 is 1.29 bits per heavy atom. The van der Waals surface area contributed by atoms with Gasteiger partial charge < -0.3 is 9.84 Å². The number of hydrogen-bond acceptors (Lipinski definition) is 2. The third-order valence-corrected chi connectivity index (χ3v) is 1.63. The Morgan fingerprint density at radius 2 is 2.00 bits per heavy atom. The largest absolute Gasteiger partial charge is 0.481 e. The zero-order valence-corrected chi connectivity index (χ0v) is 8.51. The van der Waals surface area contributed by atoms with Crippen LogP contribution in [-0.4, -0.2) is 24.5 Å². The molecule has 92 valence electrons. The van der Waals surface area contributed by atoms with Crippen LogP contribution >= 0.6 is 0 Å². The summed E-state index contributed by atoms with van der Waals surface area (Å²) in [6.45, 7) is -1.96. The molecular weight excluding hydrogens is 240 g/mol. The Hall–Kier alpha value is -1.74. The zero-order chi connectivity index (χ0) is 12.9. The second kappa shape index (κ2) is 5.55. The highest BCUT2D eigenvalue weighted by Gasteiger charge is 2.28. The molecule has 0 aliphatic rings. The van der Waals surface area contributed by atoms with Crippen molar-refractivity contribution in [3.63, 3.8) is 0 Å². The molecule has 0 aliphatic heterocycles. The summed E-state index contributed by atoms with van der Waals surface area (Å²) in [6.07, 6.45) is -4.53. The number of aliphatic hydroxyl groups excluding tert-OH is 1. The first-order chi connectivity index (χ1) is 7.92. The van der Waals surface area contributed by atoms with Crippen LogP contribution in [0.4, 0.5) is 17.6 Å². The van der Waals surface area contributed by atoms with Crippen molar-refractivity contribution >= 4 is 0 Å². The van der Waals surface area contributed by atoms with E-state index in [9.17, 15) is 17.6 Å². The minimum absolute atomic E-state index is 0.262. The van der Waals surface area contributed by atoms with Gasteiger partial charge in [0.05, 0.1) is 0 Å². The van der Waals surface area contributed by atoms with E-state index in [1.165, 1.54) is 6.07 Å². The van der Waals surface area contributed by atoms with Gasteiger partial charge in [0.25, 0.3) is 0 Å². The maximum absolute atomic E-state index is 13.1. The third kappa shape index (κ3) is 4.74. The Kier molecular flexibility index (Phi) is 4.35. The fraction of sp³-hybridized carbons (Fsp3) is 0.273. The second-order valence-corrected chi connectivity index (χ2v) is 3.01.